The number of hydrogen-bond donors (Lipinski definition) is 1. The van der Waals surface area contributed by atoms with Gasteiger partial charge in [-0.25, -0.2) is 4.39 Å². The first kappa shape index (κ1) is 11.8. The fourth-order valence-electron chi connectivity index (χ4n) is 1.91. The van der Waals surface area contributed by atoms with Crippen LogP contribution in [-0.4, -0.2) is 0 Å². The Hall–Kier alpha value is -1.67. The molecule has 2 heteroatoms. The lowest BCUT2D eigenvalue weighted by Gasteiger charge is -2.11. The average Bonchev–Trinajstić information content (AvgIpc) is 2.30. The van der Waals surface area contributed by atoms with Gasteiger partial charge in [-0.05, 0) is 42.7 Å². The van der Waals surface area contributed by atoms with Gasteiger partial charge in [-0.2, -0.15) is 0 Å². The molecule has 2 aromatic rings. The molecule has 0 aliphatic heterocycles. The Balaban J connectivity index is 2.59. The van der Waals surface area contributed by atoms with Gasteiger partial charge in [0.2, 0.25) is 0 Å². The maximum Gasteiger partial charge on any atom is 0.131 e. The molecule has 0 aromatic heterocycles. The predicted octanol–water partition coefficient (Wildman–Crippen LogP) is 3.82. The SMILES string of the molecule is Cc1ccccc1-c1cc(C(C)N)ccc1F. The van der Waals surface area contributed by atoms with Crippen molar-refractivity contribution in [3.63, 3.8) is 0 Å². The molecule has 0 saturated carbocycles. The predicted molar refractivity (Wildman–Crippen MR) is 69.2 cm³/mol. The minimum atomic E-state index is -0.205. The van der Waals surface area contributed by atoms with Gasteiger partial charge in [-0.1, -0.05) is 30.3 Å². The zero-order chi connectivity index (χ0) is 12.4. The summed E-state index contributed by atoms with van der Waals surface area (Å²) in [7, 11) is 0. The molecule has 0 aliphatic rings. The summed E-state index contributed by atoms with van der Waals surface area (Å²) in [6.45, 7) is 3.88. The van der Waals surface area contributed by atoms with Crippen LogP contribution in [0.4, 0.5) is 4.39 Å². The molecule has 0 heterocycles. The van der Waals surface area contributed by atoms with E-state index in [9.17, 15) is 4.39 Å². The number of rotatable bonds is 2. The average molecular weight is 229 g/mol. The van der Waals surface area contributed by atoms with Gasteiger partial charge in [0.1, 0.15) is 5.82 Å². The quantitative estimate of drug-likeness (QED) is 0.832. The number of hydrogen-bond acceptors (Lipinski definition) is 1. The molecule has 0 fully saturated rings. The van der Waals surface area contributed by atoms with Crippen LogP contribution in [0.5, 0.6) is 0 Å². The molecule has 1 nitrogen and oxygen atoms in total. The molecule has 1 atom stereocenters. The van der Waals surface area contributed by atoms with Crippen LogP contribution >= 0.6 is 0 Å². The van der Waals surface area contributed by atoms with Crippen molar-refractivity contribution < 1.29 is 4.39 Å². The van der Waals surface area contributed by atoms with Crippen LogP contribution in [-0.2, 0) is 0 Å². The van der Waals surface area contributed by atoms with Crippen LogP contribution < -0.4 is 5.73 Å². The summed E-state index contributed by atoms with van der Waals surface area (Å²) in [6, 6.07) is 12.8. The second-order valence-corrected chi connectivity index (χ2v) is 4.34. The van der Waals surface area contributed by atoms with Crippen molar-refractivity contribution in [1.29, 1.82) is 0 Å². The van der Waals surface area contributed by atoms with E-state index in [1.54, 1.807) is 6.07 Å². The van der Waals surface area contributed by atoms with Crippen LogP contribution in [0.15, 0.2) is 42.5 Å². The van der Waals surface area contributed by atoms with E-state index < -0.39 is 0 Å². The molecule has 0 amide bonds. The zero-order valence-corrected chi connectivity index (χ0v) is 10.1. The first-order valence-electron chi connectivity index (χ1n) is 5.70. The smallest absolute Gasteiger partial charge is 0.131 e. The molecule has 2 rings (SSSR count). The molecule has 2 aromatic carbocycles. The lowest BCUT2D eigenvalue weighted by atomic mass is 9.97. The van der Waals surface area contributed by atoms with Gasteiger partial charge in [0.15, 0.2) is 0 Å². The van der Waals surface area contributed by atoms with Gasteiger partial charge in [-0.3, -0.25) is 0 Å². The Morgan fingerprint density at radius 1 is 1.06 bits per heavy atom. The summed E-state index contributed by atoms with van der Waals surface area (Å²) in [4.78, 5) is 0. The molecule has 1 unspecified atom stereocenters. The summed E-state index contributed by atoms with van der Waals surface area (Å²) < 4.78 is 13.9. The van der Waals surface area contributed by atoms with Gasteiger partial charge in [0, 0.05) is 11.6 Å². The maximum absolute atomic E-state index is 13.9. The Labute approximate surface area is 101 Å². The number of nitrogens with two attached hydrogens (primary N) is 1. The largest absolute Gasteiger partial charge is 0.324 e. The lowest BCUT2D eigenvalue weighted by Crippen LogP contribution is -2.05. The molecule has 0 spiro atoms. The van der Waals surface area contributed by atoms with Crippen molar-refractivity contribution in [3.05, 3.63) is 59.4 Å². The number of benzene rings is 2. The van der Waals surface area contributed by atoms with Gasteiger partial charge in [0.25, 0.3) is 0 Å². The zero-order valence-electron chi connectivity index (χ0n) is 10.1. The highest BCUT2D eigenvalue weighted by Crippen LogP contribution is 2.28. The molecular weight excluding hydrogens is 213 g/mol. The Morgan fingerprint density at radius 2 is 1.76 bits per heavy atom. The highest BCUT2D eigenvalue weighted by molar-refractivity contribution is 5.68. The molecule has 17 heavy (non-hydrogen) atoms. The monoisotopic (exact) mass is 229 g/mol. The molecule has 0 saturated heterocycles. The Morgan fingerprint density at radius 3 is 2.41 bits per heavy atom. The third kappa shape index (κ3) is 2.37. The van der Waals surface area contributed by atoms with Crippen LogP contribution in [0.3, 0.4) is 0 Å². The van der Waals surface area contributed by atoms with E-state index >= 15 is 0 Å². The second-order valence-electron chi connectivity index (χ2n) is 4.34. The second kappa shape index (κ2) is 4.68. The first-order valence-corrected chi connectivity index (χ1v) is 5.70. The van der Waals surface area contributed by atoms with Crippen molar-refractivity contribution in [3.8, 4) is 11.1 Å². The first-order chi connectivity index (χ1) is 8.09. The van der Waals surface area contributed by atoms with Crippen LogP contribution in [0, 0.1) is 12.7 Å². The van der Waals surface area contributed by atoms with Crippen molar-refractivity contribution in [2.45, 2.75) is 19.9 Å². The van der Waals surface area contributed by atoms with E-state index in [0.717, 1.165) is 16.7 Å². The number of halogens is 1. The fraction of sp³-hybridized carbons (Fsp3) is 0.200. The molecular formula is C15H16FN. The Kier molecular flexibility index (Phi) is 3.25. The van der Waals surface area contributed by atoms with Crippen molar-refractivity contribution in [1.82, 2.24) is 0 Å². The fourth-order valence-corrected chi connectivity index (χ4v) is 1.91. The summed E-state index contributed by atoms with van der Waals surface area (Å²) >= 11 is 0. The van der Waals surface area contributed by atoms with E-state index in [2.05, 4.69) is 0 Å². The van der Waals surface area contributed by atoms with E-state index in [-0.39, 0.29) is 11.9 Å². The molecule has 0 aliphatic carbocycles. The third-order valence-electron chi connectivity index (χ3n) is 2.95. The van der Waals surface area contributed by atoms with E-state index in [1.807, 2.05) is 44.2 Å². The maximum atomic E-state index is 13.9. The van der Waals surface area contributed by atoms with E-state index in [4.69, 9.17) is 5.73 Å². The highest BCUT2D eigenvalue weighted by atomic mass is 19.1. The normalized spacial score (nSPS) is 12.5. The topological polar surface area (TPSA) is 26.0 Å². The van der Waals surface area contributed by atoms with Crippen LogP contribution in [0.1, 0.15) is 24.1 Å². The van der Waals surface area contributed by atoms with E-state index in [1.165, 1.54) is 6.07 Å². The van der Waals surface area contributed by atoms with Crippen molar-refractivity contribution in [2.24, 2.45) is 5.73 Å². The van der Waals surface area contributed by atoms with Crippen LogP contribution in [0.2, 0.25) is 0 Å². The standard InChI is InChI=1S/C15H16FN/c1-10-5-3-4-6-13(10)14-9-12(11(2)17)7-8-15(14)16/h3-9,11H,17H2,1-2H3. The number of aryl methyl sites for hydroxylation is 1. The third-order valence-corrected chi connectivity index (χ3v) is 2.95. The summed E-state index contributed by atoms with van der Waals surface area (Å²) in [5.74, 6) is -0.205. The van der Waals surface area contributed by atoms with Gasteiger partial charge in [-0.15, -0.1) is 0 Å². The van der Waals surface area contributed by atoms with Gasteiger partial charge < -0.3 is 5.73 Å². The van der Waals surface area contributed by atoms with Crippen LogP contribution in [0.25, 0.3) is 11.1 Å². The van der Waals surface area contributed by atoms with Gasteiger partial charge in [0.05, 0.1) is 0 Å². The molecule has 2 N–H and O–H groups in total. The Bertz CT molecular complexity index is 532. The van der Waals surface area contributed by atoms with Gasteiger partial charge >= 0.3 is 0 Å². The van der Waals surface area contributed by atoms with Crippen molar-refractivity contribution in [2.75, 3.05) is 0 Å². The summed E-state index contributed by atoms with van der Waals surface area (Å²) in [5.41, 5.74) is 9.38. The minimum Gasteiger partial charge on any atom is -0.324 e. The molecule has 0 bridgehead atoms. The molecule has 0 radical (unpaired) electrons. The lowest BCUT2D eigenvalue weighted by molar-refractivity contribution is 0.629. The summed E-state index contributed by atoms with van der Waals surface area (Å²) in [6.07, 6.45) is 0. The summed E-state index contributed by atoms with van der Waals surface area (Å²) in [5, 5.41) is 0. The molecule has 88 valence electrons. The highest BCUT2D eigenvalue weighted by Gasteiger charge is 2.09. The minimum absolute atomic E-state index is 0.0848. The van der Waals surface area contributed by atoms with E-state index in [0.29, 0.717) is 5.56 Å². The van der Waals surface area contributed by atoms with Crippen molar-refractivity contribution >= 4 is 0 Å².